The standard InChI is InChI=1S/C10H12N4O3S2/c1-14(19(16,17)10-3-2-6-18-10)7-9(15)12-8-4-5-11-13-8/h2-6H,7H2,1H3,(H2,11,12,13,15). The van der Waals surface area contributed by atoms with Gasteiger partial charge in [0.15, 0.2) is 0 Å². The molecular formula is C10H12N4O3S2. The number of amides is 1. The van der Waals surface area contributed by atoms with Crippen molar-refractivity contribution in [3.8, 4) is 0 Å². The summed E-state index contributed by atoms with van der Waals surface area (Å²) < 4.78 is 25.4. The first-order valence-corrected chi connectivity index (χ1v) is 7.61. The number of thiophene rings is 1. The van der Waals surface area contributed by atoms with Crippen molar-refractivity contribution in [1.82, 2.24) is 14.5 Å². The molecule has 7 nitrogen and oxygen atoms in total. The van der Waals surface area contributed by atoms with Crippen LogP contribution in [0.5, 0.6) is 0 Å². The van der Waals surface area contributed by atoms with Gasteiger partial charge in [0, 0.05) is 13.1 Å². The van der Waals surface area contributed by atoms with E-state index < -0.39 is 15.9 Å². The molecule has 0 aromatic carbocycles. The summed E-state index contributed by atoms with van der Waals surface area (Å²) in [6.45, 7) is -0.265. The molecule has 0 saturated carbocycles. The van der Waals surface area contributed by atoms with Crippen molar-refractivity contribution in [3.63, 3.8) is 0 Å². The van der Waals surface area contributed by atoms with Crippen LogP contribution in [0.2, 0.25) is 0 Å². The number of carbonyl (C=O) groups is 1. The minimum absolute atomic E-state index is 0.212. The molecule has 1 amide bonds. The van der Waals surface area contributed by atoms with Crippen LogP contribution in [0, 0.1) is 0 Å². The van der Waals surface area contributed by atoms with Crippen molar-refractivity contribution in [2.75, 3.05) is 18.9 Å². The summed E-state index contributed by atoms with van der Waals surface area (Å²) >= 11 is 1.11. The molecule has 0 fully saturated rings. The summed E-state index contributed by atoms with van der Waals surface area (Å²) in [6, 6.07) is 4.73. The first kappa shape index (κ1) is 13.7. The van der Waals surface area contributed by atoms with Gasteiger partial charge in [0.1, 0.15) is 10.0 Å². The SMILES string of the molecule is CN(CC(=O)Nc1ccn[nH]1)S(=O)(=O)c1cccs1. The fourth-order valence-corrected chi connectivity index (χ4v) is 3.69. The van der Waals surface area contributed by atoms with Crippen LogP contribution >= 0.6 is 11.3 Å². The van der Waals surface area contributed by atoms with Crippen LogP contribution in [0.4, 0.5) is 5.82 Å². The van der Waals surface area contributed by atoms with E-state index in [1.165, 1.54) is 19.3 Å². The third-order valence-electron chi connectivity index (χ3n) is 2.30. The average molecular weight is 300 g/mol. The van der Waals surface area contributed by atoms with Gasteiger partial charge in [0.05, 0.1) is 12.7 Å². The number of sulfonamides is 1. The van der Waals surface area contributed by atoms with Gasteiger partial charge in [-0.1, -0.05) is 6.07 Å². The number of aromatic nitrogens is 2. The molecule has 2 aromatic heterocycles. The maximum absolute atomic E-state index is 12.1. The second-order valence-electron chi connectivity index (χ2n) is 3.71. The lowest BCUT2D eigenvalue weighted by molar-refractivity contribution is -0.116. The first-order chi connectivity index (χ1) is 9.00. The van der Waals surface area contributed by atoms with Gasteiger partial charge in [-0.2, -0.15) is 9.40 Å². The minimum Gasteiger partial charge on any atom is -0.310 e. The molecule has 0 bridgehead atoms. The average Bonchev–Trinajstić information content (AvgIpc) is 3.00. The number of hydrogen-bond acceptors (Lipinski definition) is 5. The van der Waals surface area contributed by atoms with E-state index in [1.54, 1.807) is 17.5 Å². The Bertz CT molecular complexity index is 634. The van der Waals surface area contributed by atoms with Crippen molar-refractivity contribution in [2.24, 2.45) is 0 Å². The number of rotatable bonds is 5. The van der Waals surface area contributed by atoms with Gasteiger partial charge in [-0.3, -0.25) is 9.89 Å². The molecule has 0 radical (unpaired) electrons. The molecule has 0 aliphatic carbocycles. The summed E-state index contributed by atoms with van der Waals surface area (Å²) in [4.78, 5) is 11.7. The Morgan fingerprint density at radius 3 is 2.89 bits per heavy atom. The zero-order valence-electron chi connectivity index (χ0n) is 10.0. The van der Waals surface area contributed by atoms with E-state index in [-0.39, 0.29) is 10.8 Å². The summed E-state index contributed by atoms with van der Waals surface area (Å²) in [5.74, 6) is -0.0150. The first-order valence-electron chi connectivity index (χ1n) is 5.29. The number of nitrogens with zero attached hydrogens (tertiary/aromatic N) is 2. The number of nitrogens with one attached hydrogen (secondary N) is 2. The topological polar surface area (TPSA) is 95.2 Å². The quantitative estimate of drug-likeness (QED) is 0.851. The van der Waals surface area contributed by atoms with Crippen molar-refractivity contribution in [2.45, 2.75) is 4.21 Å². The van der Waals surface area contributed by atoms with Crippen molar-refractivity contribution in [3.05, 3.63) is 29.8 Å². The van der Waals surface area contributed by atoms with Crippen LogP contribution in [-0.2, 0) is 14.8 Å². The zero-order valence-corrected chi connectivity index (χ0v) is 11.7. The normalized spacial score (nSPS) is 11.7. The highest BCUT2D eigenvalue weighted by Crippen LogP contribution is 2.19. The smallest absolute Gasteiger partial charge is 0.252 e. The number of likely N-dealkylation sites (N-methyl/N-ethyl adjacent to an activating group) is 1. The Balaban J connectivity index is 2.01. The fourth-order valence-electron chi connectivity index (χ4n) is 1.37. The van der Waals surface area contributed by atoms with Crippen LogP contribution in [0.3, 0.4) is 0 Å². The fraction of sp³-hybridized carbons (Fsp3) is 0.200. The van der Waals surface area contributed by atoms with Gasteiger partial charge in [-0.15, -0.1) is 11.3 Å². The predicted octanol–water partition coefficient (Wildman–Crippen LogP) is 0.730. The molecule has 102 valence electrons. The Kier molecular flexibility index (Phi) is 3.98. The largest absolute Gasteiger partial charge is 0.310 e. The van der Waals surface area contributed by atoms with Crippen LogP contribution in [0.15, 0.2) is 34.0 Å². The summed E-state index contributed by atoms with van der Waals surface area (Å²) in [5, 5.41) is 10.4. The molecule has 2 N–H and O–H groups in total. The van der Waals surface area contributed by atoms with E-state index in [9.17, 15) is 13.2 Å². The van der Waals surface area contributed by atoms with Gasteiger partial charge in [0.2, 0.25) is 5.91 Å². The maximum atomic E-state index is 12.1. The van der Waals surface area contributed by atoms with Gasteiger partial charge in [-0.25, -0.2) is 8.42 Å². The van der Waals surface area contributed by atoms with Gasteiger partial charge in [-0.05, 0) is 11.4 Å². The highest BCUT2D eigenvalue weighted by atomic mass is 32.2. The Morgan fingerprint density at radius 1 is 1.53 bits per heavy atom. The minimum atomic E-state index is -3.60. The van der Waals surface area contributed by atoms with Crippen molar-refractivity contribution >= 4 is 33.1 Å². The lowest BCUT2D eigenvalue weighted by atomic mass is 10.5. The Hall–Kier alpha value is -1.71. The van der Waals surface area contributed by atoms with E-state index in [4.69, 9.17) is 0 Å². The van der Waals surface area contributed by atoms with E-state index in [0.717, 1.165) is 15.6 Å². The van der Waals surface area contributed by atoms with Crippen LogP contribution in [0.25, 0.3) is 0 Å². The molecule has 9 heteroatoms. The molecule has 0 atom stereocenters. The van der Waals surface area contributed by atoms with Crippen LogP contribution in [0.1, 0.15) is 0 Å². The number of carbonyl (C=O) groups excluding carboxylic acids is 1. The van der Waals surface area contributed by atoms with Gasteiger partial charge >= 0.3 is 0 Å². The lowest BCUT2D eigenvalue weighted by Crippen LogP contribution is -2.34. The van der Waals surface area contributed by atoms with Gasteiger partial charge < -0.3 is 5.32 Å². The molecule has 2 heterocycles. The Morgan fingerprint density at radius 2 is 2.32 bits per heavy atom. The summed E-state index contributed by atoms with van der Waals surface area (Å²) in [6.07, 6.45) is 1.49. The molecular weight excluding hydrogens is 288 g/mol. The number of hydrogen-bond donors (Lipinski definition) is 2. The summed E-state index contributed by atoms with van der Waals surface area (Å²) in [5.41, 5.74) is 0. The van der Waals surface area contributed by atoms with E-state index in [2.05, 4.69) is 15.5 Å². The van der Waals surface area contributed by atoms with Crippen LogP contribution < -0.4 is 5.32 Å². The van der Waals surface area contributed by atoms with Crippen LogP contribution in [-0.4, -0.2) is 42.4 Å². The number of H-pyrrole nitrogens is 1. The second-order valence-corrected chi connectivity index (χ2v) is 6.93. The lowest BCUT2D eigenvalue weighted by Gasteiger charge is -2.15. The van der Waals surface area contributed by atoms with Crippen molar-refractivity contribution < 1.29 is 13.2 Å². The number of anilines is 1. The molecule has 0 aliphatic heterocycles. The van der Waals surface area contributed by atoms with E-state index in [0.29, 0.717) is 5.82 Å². The molecule has 19 heavy (non-hydrogen) atoms. The highest BCUT2D eigenvalue weighted by molar-refractivity contribution is 7.91. The second kappa shape index (κ2) is 5.51. The molecule has 2 aromatic rings. The van der Waals surface area contributed by atoms with E-state index >= 15 is 0 Å². The molecule has 0 saturated heterocycles. The number of aromatic amines is 1. The predicted molar refractivity (Wildman–Crippen MR) is 71.4 cm³/mol. The maximum Gasteiger partial charge on any atom is 0.252 e. The third kappa shape index (κ3) is 3.19. The van der Waals surface area contributed by atoms with Crippen molar-refractivity contribution in [1.29, 1.82) is 0 Å². The molecule has 0 aliphatic rings. The Labute approximate surface area is 114 Å². The third-order valence-corrected chi connectivity index (χ3v) is 5.48. The molecule has 2 rings (SSSR count). The summed E-state index contributed by atoms with van der Waals surface area (Å²) in [7, 11) is -2.24. The molecule has 0 unspecified atom stereocenters. The van der Waals surface area contributed by atoms with E-state index in [1.807, 2.05) is 0 Å². The monoisotopic (exact) mass is 300 g/mol. The molecule has 0 spiro atoms. The highest BCUT2D eigenvalue weighted by Gasteiger charge is 2.23. The zero-order chi connectivity index (χ0) is 13.9. The van der Waals surface area contributed by atoms with Gasteiger partial charge in [0.25, 0.3) is 10.0 Å².